The van der Waals surface area contributed by atoms with E-state index in [-0.39, 0.29) is 5.69 Å². The van der Waals surface area contributed by atoms with E-state index in [1.54, 1.807) is 13.1 Å². The lowest BCUT2D eigenvalue weighted by molar-refractivity contribution is 0.0977. The Labute approximate surface area is 184 Å². The van der Waals surface area contributed by atoms with E-state index in [0.29, 0.717) is 16.6 Å². The number of sulfonamides is 1. The molecule has 0 aliphatic carbocycles. The Hall–Kier alpha value is -3.30. The van der Waals surface area contributed by atoms with Crippen LogP contribution in [0.3, 0.4) is 0 Å². The summed E-state index contributed by atoms with van der Waals surface area (Å²) < 4.78 is 25.0. The third-order valence-corrected chi connectivity index (χ3v) is 6.15. The Morgan fingerprint density at radius 2 is 1.81 bits per heavy atom. The van der Waals surface area contributed by atoms with Crippen LogP contribution in [0.1, 0.15) is 20.9 Å². The van der Waals surface area contributed by atoms with E-state index in [4.69, 9.17) is 0 Å². The number of hydrogen-bond donors (Lipinski definition) is 1. The average molecular weight is 453 g/mol. The van der Waals surface area contributed by atoms with Gasteiger partial charge in [-0.1, -0.05) is 48.5 Å². The van der Waals surface area contributed by atoms with Crippen LogP contribution in [0.4, 0.5) is 10.8 Å². The molecule has 4 rings (SSSR count). The van der Waals surface area contributed by atoms with Crippen molar-refractivity contribution in [3.8, 4) is 0 Å². The first-order valence-corrected chi connectivity index (χ1v) is 12.2. The number of pyridine rings is 1. The molecule has 2 heterocycles. The lowest BCUT2D eigenvalue weighted by Gasteiger charge is -2.23. The number of carbonyl (C=O) groups is 1. The third-order valence-electron chi connectivity index (χ3n) is 4.60. The Morgan fingerprint density at radius 1 is 1.06 bits per heavy atom. The molecule has 0 radical (unpaired) electrons. The number of fused-ring (bicyclic) bond motifs is 1. The molecule has 158 valence electrons. The van der Waals surface area contributed by atoms with Crippen LogP contribution in [-0.4, -0.2) is 30.5 Å². The maximum Gasteiger partial charge on any atom is 0.284 e. The summed E-state index contributed by atoms with van der Waals surface area (Å²) in [4.78, 5) is 24.1. The summed E-state index contributed by atoms with van der Waals surface area (Å²) in [5.41, 5.74) is 2.82. The van der Waals surface area contributed by atoms with E-state index in [9.17, 15) is 13.2 Å². The number of anilines is 2. The second kappa shape index (κ2) is 8.44. The number of aromatic nitrogens is 2. The predicted octanol–water partition coefficient (Wildman–Crippen LogP) is 4.03. The van der Waals surface area contributed by atoms with Crippen molar-refractivity contribution in [2.75, 3.05) is 11.2 Å². The molecule has 0 unspecified atom stereocenters. The van der Waals surface area contributed by atoms with Gasteiger partial charge in [0.1, 0.15) is 5.69 Å². The quantitative estimate of drug-likeness (QED) is 0.475. The first kappa shape index (κ1) is 21.0. The zero-order valence-corrected chi connectivity index (χ0v) is 18.6. The zero-order valence-electron chi connectivity index (χ0n) is 16.9. The molecule has 7 nitrogen and oxygen atoms in total. The molecule has 0 aliphatic heterocycles. The van der Waals surface area contributed by atoms with Crippen molar-refractivity contribution in [1.29, 1.82) is 0 Å². The molecular formula is C22H20N4O3S2. The van der Waals surface area contributed by atoms with Gasteiger partial charge in [-0.05, 0) is 24.6 Å². The lowest BCUT2D eigenvalue weighted by Crippen LogP contribution is -2.30. The summed E-state index contributed by atoms with van der Waals surface area (Å²) in [7, 11) is -3.69. The minimum atomic E-state index is -3.69. The van der Waals surface area contributed by atoms with Crippen molar-refractivity contribution in [1.82, 2.24) is 14.7 Å². The standard InChI is InChI=1S/C22H20N4O3S2/c1-15-19(21(27)25-31(2,28)29)24-22(30-15)26(14-16-8-4-3-5-9-16)18-12-6-10-17-11-7-13-23-20(17)18/h3-13H,14H2,1-2H3,(H,25,27). The summed E-state index contributed by atoms with van der Waals surface area (Å²) in [6.45, 7) is 2.26. The van der Waals surface area contributed by atoms with Crippen molar-refractivity contribution in [2.45, 2.75) is 13.5 Å². The molecule has 0 atom stereocenters. The molecule has 0 aliphatic rings. The molecule has 2 aromatic heterocycles. The van der Waals surface area contributed by atoms with Crippen molar-refractivity contribution >= 4 is 49.0 Å². The van der Waals surface area contributed by atoms with Crippen LogP contribution in [0.15, 0.2) is 66.9 Å². The van der Waals surface area contributed by atoms with Crippen LogP contribution in [0.5, 0.6) is 0 Å². The van der Waals surface area contributed by atoms with Gasteiger partial charge < -0.3 is 4.90 Å². The highest BCUT2D eigenvalue weighted by molar-refractivity contribution is 7.89. The summed E-state index contributed by atoms with van der Waals surface area (Å²) in [6, 6.07) is 19.7. The number of rotatable bonds is 6. The highest BCUT2D eigenvalue weighted by Gasteiger charge is 2.23. The zero-order chi connectivity index (χ0) is 22.0. The molecule has 0 saturated heterocycles. The van der Waals surface area contributed by atoms with Gasteiger partial charge in [-0.3, -0.25) is 9.78 Å². The maximum absolute atomic E-state index is 12.4. The number of hydrogen-bond acceptors (Lipinski definition) is 7. The fraction of sp³-hybridized carbons (Fsp3) is 0.136. The predicted molar refractivity (Wildman–Crippen MR) is 123 cm³/mol. The monoisotopic (exact) mass is 452 g/mol. The Bertz CT molecular complexity index is 1350. The van der Waals surface area contributed by atoms with Gasteiger partial charge in [-0.25, -0.2) is 18.1 Å². The number of amides is 1. The fourth-order valence-electron chi connectivity index (χ4n) is 3.25. The minimum absolute atomic E-state index is 0.0942. The van der Waals surface area contributed by atoms with E-state index in [1.165, 1.54) is 11.3 Å². The smallest absolute Gasteiger partial charge is 0.284 e. The summed E-state index contributed by atoms with van der Waals surface area (Å²) in [6.07, 6.45) is 2.68. The molecule has 1 N–H and O–H groups in total. The third kappa shape index (κ3) is 4.73. The molecule has 0 spiro atoms. The average Bonchev–Trinajstić information content (AvgIpc) is 3.13. The first-order chi connectivity index (χ1) is 14.8. The van der Waals surface area contributed by atoms with Crippen LogP contribution < -0.4 is 9.62 Å². The number of aryl methyl sites for hydroxylation is 1. The van der Waals surface area contributed by atoms with Gasteiger partial charge in [0.05, 0.1) is 24.0 Å². The molecular weight excluding hydrogens is 432 g/mol. The van der Waals surface area contributed by atoms with E-state index >= 15 is 0 Å². The van der Waals surface area contributed by atoms with E-state index < -0.39 is 15.9 Å². The number of nitrogens with zero attached hydrogens (tertiary/aromatic N) is 3. The van der Waals surface area contributed by atoms with Gasteiger partial charge in [0.15, 0.2) is 5.13 Å². The van der Waals surface area contributed by atoms with Crippen molar-refractivity contribution in [3.05, 3.63) is 83.0 Å². The Morgan fingerprint density at radius 3 is 2.55 bits per heavy atom. The molecule has 0 saturated carbocycles. The van der Waals surface area contributed by atoms with E-state index in [0.717, 1.165) is 28.4 Å². The van der Waals surface area contributed by atoms with E-state index in [1.807, 2.05) is 70.3 Å². The summed E-state index contributed by atoms with van der Waals surface area (Å²) in [5.74, 6) is -0.738. The van der Waals surface area contributed by atoms with Crippen molar-refractivity contribution < 1.29 is 13.2 Å². The molecule has 0 fully saturated rings. The second-order valence-electron chi connectivity index (χ2n) is 7.03. The lowest BCUT2D eigenvalue weighted by atomic mass is 10.1. The largest absolute Gasteiger partial charge is 0.311 e. The van der Waals surface area contributed by atoms with Gasteiger partial charge in [-0.2, -0.15) is 0 Å². The first-order valence-electron chi connectivity index (χ1n) is 9.46. The summed E-state index contributed by atoms with van der Waals surface area (Å²) >= 11 is 1.33. The number of carbonyl (C=O) groups excluding carboxylic acids is 1. The van der Waals surface area contributed by atoms with Gasteiger partial charge in [0, 0.05) is 16.5 Å². The molecule has 1 amide bonds. The van der Waals surface area contributed by atoms with Crippen molar-refractivity contribution in [2.24, 2.45) is 0 Å². The minimum Gasteiger partial charge on any atom is -0.311 e. The molecule has 31 heavy (non-hydrogen) atoms. The number of nitrogens with one attached hydrogen (secondary N) is 1. The van der Waals surface area contributed by atoms with Crippen molar-refractivity contribution in [3.63, 3.8) is 0 Å². The van der Waals surface area contributed by atoms with Crippen LogP contribution >= 0.6 is 11.3 Å². The molecule has 9 heteroatoms. The van der Waals surface area contributed by atoms with Crippen LogP contribution in [0.25, 0.3) is 10.9 Å². The number of thiazole rings is 1. The highest BCUT2D eigenvalue weighted by Crippen LogP contribution is 2.36. The van der Waals surface area contributed by atoms with Gasteiger partial charge in [0.2, 0.25) is 10.0 Å². The SMILES string of the molecule is Cc1sc(N(Cc2ccccc2)c2cccc3cccnc23)nc1C(=O)NS(C)(=O)=O. The number of para-hydroxylation sites is 1. The Kier molecular flexibility index (Phi) is 5.71. The normalized spacial score (nSPS) is 11.4. The number of benzene rings is 2. The topological polar surface area (TPSA) is 92.3 Å². The maximum atomic E-state index is 12.4. The van der Waals surface area contributed by atoms with Crippen LogP contribution in [0, 0.1) is 6.92 Å². The van der Waals surface area contributed by atoms with E-state index in [2.05, 4.69) is 9.97 Å². The highest BCUT2D eigenvalue weighted by atomic mass is 32.2. The second-order valence-corrected chi connectivity index (χ2v) is 9.96. The van der Waals surface area contributed by atoms with Crippen LogP contribution in [0.2, 0.25) is 0 Å². The summed E-state index contributed by atoms with van der Waals surface area (Å²) in [5, 5.41) is 1.57. The molecule has 4 aromatic rings. The van der Waals surface area contributed by atoms with Gasteiger partial charge in [0.25, 0.3) is 5.91 Å². The van der Waals surface area contributed by atoms with Gasteiger partial charge in [-0.15, -0.1) is 11.3 Å². The van der Waals surface area contributed by atoms with Gasteiger partial charge >= 0.3 is 0 Å². The van der Waals surface area contributed by atoms with Crippen LogP contribution in [-0.2, 0) is 16.6 Å². The molecule has 0 bridgehead atoms. The molecule has 2 aromatic carbocycles. The Balaban J connectivity index is 1.82. The fourth-order valence-corrected chi connectivity index (χ4v) is 4.61.